The Bertz CT molecular complexity index is 610. The Kier molecular flexibility index (Phi) is 8.03. The highest BCUT2D eigenvalue weighted by Crippen LogP contribution is 2.35. The molecule has 0 fully saturated rings. The molecule has 24 heavy (non-hydrogen) atoms. The van der Waals surface area contributed by atoms with Gasteiger partial charge in [0.2, 0.25) is 5.91 Å². The van der Waals surface area contributed by atoms with Gasteiger partial charge in [0.25, 0.3) is 0 Å². The summed E-state index contributed by atoms with van der Waals surface area (Å²) in [6.07, 6.45) is 0.440. The predicted octanol–water partition coefficient (Wildman–Crippen LogP) is 4.90. The molecule has 1 aromatic rings. The van der Waals surface area contributed by atoms with Crippen LogP contribution in [0.25, 0.3) is 0 Å². The van der Waals surface area contributed by atoms with E-state index in [-0.39, 0.29) is 34.6 Å². The second kappa shape index (κ2) is 9.28. The Morgan fingerprint density at radius 1 is 1.29 bits per heavy atom. The van der Waals surface area contributed by atoms with Crippen molar-refractivity contribution in [2.45, 2.75) is 57.3 Å². The average molecular weight is 376 g/mol. The van der Waals surface area contributed by atoms with E-state index in [1.54, 1.807) is 27.7 Å². The van der Waals surface area contributed by atoms with Gasteiger partial charge < -0.3 is 10.1 Å². The standard InChI is InChI=1S/C17H23ClFNO3S/c1-6-10(4)16(21)20-14-8-15(12(18)7-13(14)19)24-11(5)17(22)23-9(2)3/h7-11H,6H2,1-5H3,(H,20,21). The topological polar surface area (TPSA) is 55.4 Å². The second-order valence-corrected chi connectivity index (χ2v) is 7.60. The molecule has 0 radical (unpaired) electrons. The molecule has 0 bridgehead atoms. The van der Waals surface area contributed by atoms with E-state index in [2.05, 4.69) is 5.32 Å². The average Bonchev–Trinajstić information content (AvgIpc) is 2.50. The van der Waals surface area contributed by atoms with Gasteiger partial charge in [-0.05, 0) is 39.3 Å². The van der Waals surface area contributed by atoms with Crippen LogP contribution in [0.4, 0.5) is 10.1 Å². The quantitative estimate of drug-likeness (QED) is 0.544. The highest BCUT2D eigenvalue weighted by Gasteiger charge is 2.21. The fraction of sp³-hybridized carbons (Fsp3) is 0.529. The van der Waals surface area contributed by atoms with E-state index >= 15 is 0 Å². The lowest BCUT2D eigenvalue weighted by atomic mass is 10.1. The minimum absolute atomic E-state index is 0.0524. The summed E-state index contributed by atoms with van der Waals surface area (Å²) in [5, 5.41) is 2.24. The summed E-state index contributed by atoms with van der Waals surface area (Å²) in [5.74, 6) is -1.47. The van der Waals surface area contributed by atoms with Crippen molar-refractivity contribution in [3.05, 3.63) is 23.0 Å². The van der Waals surface area contributed by atoms with Crippen LogP contribution in [0.2, 0.25) is 5.02 Å². The van der Waals surface area contributed by atoms with Crippen molar-refractivity contribution >= 4 is 40.9 Å². The largest absolute Gasteiger partial charge is 0.462 e. The number of amides is 1. The van der Waals surface area contributed by atoms with Crippen molar-refractivity contribution in [3.8, 4) is 0 Å². The molecule has 1 rings (SSSR count). The van der Waals surface area contributed by atoms with E-state index in [0.29, 0.717) is 11.3 Å². The zero-order chi connectivity index (χ0) is 18.4. The minimum Gasteiger partial charge on any atom is -0.462 e. The van der Waals surface area contributed by atoms with Gasteiger partial charge in [-0.2, -0.15) is 0 Å². The number of carbonyl (C=O) groups excluding carboxylic acids is 2. The number of esters is 1. The van der Waals surface area contributed by atoms with Crippen molar-refractivity contribution < 1.29 is 18.7 Å². The van der Waals surface area contributed by atoms with E-state index in [9.17, 15) is 14.0 Å². The van der Waals surface area contributed by atoms with E-state index in [1.807, 2.05) is 6.92 Å². The first kappa shape index (κ1) is 20.8. The smallest absolute Gasteiger partial charge is 0.319 e. The third kappa shape index (κ3) is 5.98. The monoisotopic (exact) mass is 375 g/mol. The fourth-order valence-corrected chi connectivity index (χ4v) is 2.90. The highest BCUT2D eigenvalue weighted by atomic mass is 35.5. The van der Waals surface area contributed by atoms with Gasteiger partial charge in [-0.15, -0.1) is 11.8 Å². The summed E-state index contributed by atoms with van der Waals surface area (Å²) in [7, 11) is 0. The third-order valence-electron chi connectivity index (χ3n) is 3.33. The minimum atomic E-state index is -0.613. The van der Waals surface area contributed by atoms with Crippen LogP contribution in [0.15, 0.2) is 17.0 Å². The van der Waals surface area contributed by atoms with Crippen molar-refractivity contribution in [2.75, 3.05) is 5.32 Å². The van der Waals surface area contributed by atoms with Crippen LogP contribution in [-0.4, -0.2) is 23.2 Å². The van der Waals surface area contributed by atoms with Gasteiger partial charge in [0.05, 0.1) is 16.8 Å². The summed E-state index contributed by atoms with van der Waals surface area (Å²) in [6.45, 7) is 8.87. The molecular weight excluding hydrogens is 353 g/mol. The van der Waals surface area contributed by atoms with Gasteiger partial charge in [-0.25, -0.2) is 4.39 Å². The number of thioether (sulfide) groups is 1. The number of ether oxygens (including phenoxy) is 1. The Balaban J connectivity index is 2.94. The molecular formula is C17H23ClFNO3S. The van der Waals surface area contributed by atoms with E-state index in [1.165, 1.54) is 6.07 Å². The molecule has 134 valence electrons. The summed E-state index contributed by atoms with van der Waals surface area (Å²) >= 11 is 7.22. The van der Waals surface area contributed by atoms with Crippen molar-refractivity contribution in [2.24, 2.45) is 5.92 Å². The van der Waals surface area contributed by atoms with Crippen molar-refractivity contribution in [1.82, 2.24) is 0 Å². The number of hydrogen-bond acceptors (Lipinski definition) is 4. The Hall–Kier alpha value is -1.27. The predicted molar refractivity (Wildman–Crippen MR) is 96.0 cm³/mol. The Labute approximate surface area is 151 Å². The number of halogens is 2. The van der Waals surface area contributed by atoms with Gasteiger partial charge in [-0.1, -0.05) is 25.4 Å². The lowest BCUT2D eigenvalue weighted by molar-refractivity contribution is -0.146. The van der Waals surface area contributed by atoms with Crippen LogP contribution in [0.1, 0.15) is 41.0 Å². The van der Waals surface area contributed by atoms with Crippen LogP contribution in [-0.2, 0) is 14.3 Å². The third-order valence-corrected chi connectivity index (χ3v) is 4.89. The summed E-state index contributed by atoms with van der Waals surface area (Å²) < 4.78 is 19.2. The molecule has 0 aliphatic rings. The lowest BCUT2D eigenvalue weighted by Gasteiger charge is -2.16. The molecule has 1 aromatic carbocycles. The van der Waals surface area contributed by atoms with Crippen LogP contribution in [0.5, 0.6) is 0 Å². The maximum atomic E-state index is 14.0. The van der Waals surface area contributed by atoms with Crippen LogP contribution in [0.3, 0.4) is 0 Å². The molecule has 0 aliphatic carbocycles. The summed E-state index contributed by atoms with van der Waals surface area (Å²) in [4.78, 5) is 24.4. The van der Waals surface area contributed by atoms with Gasteiger partial charge in [0.15, 0.2) is 0 Å². The molecule has 0 spiro atoms. The first-order valence-electron chi connectivity index (χ1n) is 7.82. The maximum absolute atomic E-state index is 14.0. The molecule has 0 saturated heterocycles. The van der Waals surface area contributed by atoms with Crippen LogP contribution < -0.4 is 5.32 Å². The number of carbonyl (C=O) groups is 2. The van der Waals surface area contributed by atoms with E-state index < -0.39 is 11.1 Å². The van der Waals surface area contributed by atoms with Gasteiger partial charge in [0, 0.05) is 10.8 Å². The van der Waals surface area contributed by atoms with E-state index in [4.69, 9.17) is 16.3 Å². The number of hydrogen-bond donors (Lipinski definition) is 1. The molecule has 1 N–H and O–H groups in total. The van der Waals surface area contributed by atoms with Gasteiger partial charge in [-0.3, -0.25) is 9.59 Å². The number of anilines is 1. The normalized spacial score (nSPS) is 13.5. The first-order valence-corrected chi connectivity index (χ1v) is 9.08. The van der Waals surface area contributed by atoms with Gasteiger partial charge in [0.1, 0.15) is 11.1 Å². The first-order chi connectivity index (χ1) is 11.1. The summed E-state index contributed by atoms with van der Waals surface area (Å²) in [6, 6.07) is 2.58. The SMILES string of the molecule is CCC(C)C(=O)Nc1cc(SC(C)C(=O)OC(C)C)c(Cl)cc1F. The molecule has 0 saturated carbocycles. The lowest BCUT2D eigenvalue weighted by Crippen LogP contribution is -2.21. The molecule has 1 amide bonds. The highest BCUT2D eigenvalue weighted by molar-refractivity contribution is 8.00. The molecule has 0 aromatic heterocycles. The molecule has 2 atom stereocenters. The second-order valence-electron chi connectivity index (χ2n) is 5.81. The number of rotatable bonds is 7. The number of benzene rings is 1. The van der Waals surface area contributed by atoms with Crippen molar-refractivity contribution in [3.63, 3.8) is 0 Å². The molecule has 7 heteroatoms. The molecule has 4 nitrogen and oxygen atoms in total. The molecule has 0 heterocycles. The fourth-order valence-electron chi connectivity index (χ4n) is 1.72. The van der Waals surface area contributed by atoms with Gasteiger partial charge >= 0.3 is 5.97 Å². The molecule has 2 unspecified atom stereocenters. The maximum Gasteiger partial charge on any atom is 0.319 e. The van der Waals surface area contributed by atoms with E-state index in [0.717, 1.165) is 17.8 Å². The zero-order valence-electron chi connectivity index (χ0n) is 14.5. The Morgan fingerprint density at radius 2 is 1.92 bits per heavy atom. The molecule has 0 aliphatic heterocycles. The van der Waals surface area contributed by atoms with Crippen LogP contribution >= 0.6 is 23.4 Å². The zero-order valence-corrected chi connectivity index (χ0v) is 16.1. The Morgan fingerprint density at radius 3 is 2.46 bits per heavy atom. The van der Waals surface area contributed by atoms with Crippen LogP contribution in [0, 0.1) is 11.7 Å². The summed E-state index contributed by atoms with van der Waals surface area (Å²) in [5.41, 5.74) is 0.0524. The van der Waals surface area contributed by atoms with Crippen molar-refractivity contribution in [1.29, 1.82) is 0 Å². The number of nitrogens with one attached hydrogen (secondary N) is 1.